The Morgan fingerprint density at radius 3 is 1.95 bits per heavy atom. The molecular formula is C19H22ClN. The summed E-state index contributed by atoms with van der Waals surface area (Å²) < 4.78 is 0. The van der Waals surface area contributed by atoms with Gasteiger partial charge in [-0.25, -0.2) is 0 Å². The molecule has 110 valence electrons. The van der Waals surface area contributed by atoms with Crippen LogP contribution in [0.2, 0.25) is 0 Å². The summed E-state index contributed by atoms with van der Waals surface area (Å²) in [6.07, 6.45) is 5.80. The summed E-state index contributed by atoms with van der Waals surface area (Å²) in [4.78, 5) is 0. The Hall–Kier alpha value is -1.57. The molecule has 1 N–H and O–H groups in total. The highest BCUT2D eigenvalue weighted by atomic mass is 35.5. The fourth-order valence-electron chi connectivity index (χ4n) is 3.23. The molecule has 0 bridgehead atoms. The van der Waals surface area contributed by atoms with Gasteiger partial charge < -0.3 is 5.32 Å². The molecule has 0 spiro atoms. The van der Waals surface area contributed by atoms with E-state index in [1.807, 2.05) is 0 Å². The zero-order valence-electron chi connectivity index (χ0n) is 12.3. The van der Waals surface area contributed by atoms with Crippen molar-refractivity contribution >= 4 is 12.4 Å². The molecule has 3 rings (SSSR count). The van der Waals surface area contributed by atoms with Gasteiger partial charge in [0.15, 0.2) is 0 Å². The molecule has 2 aromatic rings. The van der Waals surface area contributed by atoms with Gasteiger partial charge in [0.25, 0.3) is 0 Å². The van der Waals surface area contributed by atoms with Crippen molar-refractivity contribution in [3.05, 3.63) is 83.9 Å². The van der Waals surface area contributed by atoms with Gasteiger partial charge in [-0.15, -0.1) is 12.4 Å². The quantitative estimate of drug-likeness (QED) is 0.829. The lowest BCUT2D eigenvalue weighted by Gasteiger charge is -2.30. The van der Waals surface area contributed by atoms with E-state index in [0.29, 0.717) is 6.04 Å². The van der Waals surface area contributed by atoms with E-state index in [0.717, 1.165) is 13.0 Å². The highest BCUT2D eigenvalue weighted by molar-refractivity contribution is 5.85. The number of halogens is 1. The molecule has 1 unspecified atom stereocenters. The van der Waals surface area contributed by atoms with Crippen LogP contribution in [0, 0.1) is 0 Å². The molecule has 2 aromatic carbocycles. The van der Waals surface area contributed by atoms with Crippen LogP contribution in [0.15, 0.2) is 72.8 Å². The summed E-state index contributed by atoms with van der Waals surface area (Å²) in [5, 5.41) is 3.55. The van der Waals surface area contributed by atoms with Crippen molar-refractivity contribution < 1.29 is 0 Å². The highest BCUT2D eigenvalue weighted by Gasteiger charge is 2.37. The average Bonchev–Trinajstić information content (AvgIpc) is 2.95. The smallest absolute Gasteiger partial charge is 0.0400 e. The van der Waals surface area contributed by atoms with Crippen molar-refractivity contribution in [3.8, 4) is 0 Å². The SMILES string of the molecule is CCNC1C=CC(c2ccccc2)(c2ccccc2)C1.Cl. The lowest BCUT2D eigenvalue weighted by atomic mass is 9.74. The van der Waals surface area contributed by atoms with Gasteiger partial charge in [0.1, 0.15) is 0 Å². The summed E-state index contributed by atoms with van der Waals surface area (Å²) in [5.74, 6) is 0. The lowest BCUT2D eigenvalue weighted by Crippen LogP contribution is -2.31. The number of benzene rings is 2. The summed E-state index contributed by atoms with van der Waals surface area (Å²) in [6, 6.07) is 22.1. The van der Waals surface area contributed by atoms with Crippen molar-refractivity contribution in [2.45, 2.75) is 24.8 Å². The molecule has 0 aliphatic heterocycles. The van der Waals surface area contributed by atoms with E-state index in [1.54, 1.807) is 0 Å². The van der Waals surface area contributed by atoms with Gasteiger partial charge in [0, 0.05) is 11.5 Å². The van der Waals surface area contributed by atoms with Crippen LogP contribution >= 0.6 is 12.4 Å². The largest absolute Gasteiger partial charge is 0.311 e. The minimum Gasteiger partial charge on any atom is -0.311 e. The van der Waals surface area contributed by atoms with Gasteiger partial charge in [0.2, 0.25) is 0 Å². The topological polar surface area (TPSA) is 12.0 Å². The van der Waals surface area contributed by atoms with Crippen LogP contribution in [0.1, 0.15) is 24.5 Å². The first-order valence-electron chi connectivity index (χ1n) is 7.39. The number of nitrogens with one attached hydrogen (secondary N) is 1. The van der Waals surface area contributed by atoms with E-state index in [-0.39, 0.29) is 17.8 Å². The molecule has 0 saturated carbocycles. The standard InChI is InChI=1S/C19H21N.ClH/c1-2-20-18-13-14-19(15-18,16-9-5-3-6-10-16)17-11-7-4-8-12-17;/h3-14,18,20H,2,15H2,1H3;1H. The Morgan fingerprint density at radius 2 is 1.48 bits per heavy atom. The van der Waals surface area contributed by atoms with Crippen LogP contribution in [0.3, 0.4) is 0 Å². The maximum Gasteiger partial charge on any atom is 0.0400 e. The Labute approximate surface area is 133 Å². The van der Waals surface area contributed by atoms with Gasteiger partial charge in [-0.2, -0.15) is 0 Å². The molecule has 1 atom stereocenters. The third kappa shape index (κ3) is 3.04. The zero-order chi connectivity index (χ0) is 13.8. The van der Waals surface area contributed by atoms with E-state index in [1.165, 1.54) is 11.1 Å². The van der Waals surface area contributed by atoms with Gasteiger partial charge in [0.05, 0.1) is 0 Å². The number of rotatable bonds is 4. The molecule has 0 saturated heterocycles. The molecule has 1 nitrogen and oxygen atoms in total. The Bertz CT molecular complexity index is 538. The lowest BCUT2D eigenvalue weighted by molar-refractivity contribution is 0.514. The first-order valence-corrected chi connectivity index (χ1v) is 7.39. The second kappa shape index (κ2) is 6.93. The Balaban J connectivity index is 0.00000161. The van der Waals surface area contributed by atoms with Gasteiger partial charge in [-0.1, -0.05) is 79.7 Å². The van der Waals surface area contributed by atoms with Crippen LogP contribution in [0.4, 0.5) is 0 Å². The Morgan fingerprint density at radius 1 is 0.952 bits per heavy atom. The Kier molecular flexibility index (Phi) is 5.22. The fraction of sp³-hybridized carbons (Fsp3) is 0.263. The van der Waals surface area contributed by atoms with Crippen molar-refractivity contribution in [3.63, 3.8) is 0 Å². The molecular weight excluding hydrogens is 278 g/mol. The van der Waals surface area contributed by atoms with E-state index < -0.39 is 0 Å². The molecule has 0 heterocycles. The predicted molar refractivity (Wildman–Crippen MR) is 92.1 cm³/mol. The monoisotopic (exact) mass is 299 g/mol. The molecule has 2 heteroatoms. The van der Waals surface area contributed by atoms with E-state index in [2.05, 4.69) is 85.1 Å². The maximum atomic E-state index is 3.55. The molecule has 1 aliphatic rings. The highest BCUT2D eigenvalue weighted by Crippen LogP contribution is 2.41. The van der Waals surface area contributed by atoms with Gasteiger partial charge >= 0.3 is 0 Å². The number of hydrogen-bond donors (Lipinski definition) is 1. The van der Waals surface area contributed by atoms with Crippen molar-refractivity contribution in [2.24, 2.45) is 0 Å². The predicted octanol–water partition coefficient (Wildman–Crippen LogP) is 4.33. The molecule has 1 aliphatic carbocycles. The maximum absolute atomic E-state index is 3.55. The number of allylic oxidation sites excluding steroid dienone is 1. The summed E-state index contributed by atoms with van der Waals surface area (Å²) in [7, 11) is 0. The van der Waals surface area contributed by atoms with E-state index >= 15 is 0 Å². The van der Waals surface area contributed by atoms with Crippen LogP contribution in [-0.4, -0.2) is 12.6 Å². The second-order valence-electron chi connectivity index (χ2n) is 5.43. The van der Waals surface area contributed by atoms with Gasteiger partial charge in [-0.3, -0.25) is 0 Å². The average molecular weight is 300 g/mol. The second-order valence-corrected chi connectivity index (χ2v) is 5.43. The third-order valence-corrected chi connectivity index (χ3v) is 4.20. The van der Waals surface area contributed by atoms with E-state index in [4.69, 9.17) is 0 Å². The first kappa shape index (κ1) is 15.8. The van der Waals surface area contributed by atoms with Crippen LogP contribution < -0.4 is 5.32 Å². The fourth-order valence-corrected chi connectivity index (χ4v) is 3.23. The minimum atomic E-state index is 0. The van der Waals surface area contributed by atoms with Crippen LogP contribution in [0.5, 0.6) is 0 Å². The summed E-state index contributed by atoms with van der Waals surface area (Å²) in [6.45, 7) is 3.17. The summed E-state index contributed by atoms with van der Waals surface area (Å²) in [5.41, 5.74) is 2.76. The number of likely N-dealkylation sites (N-methyl/N-ethyl adjacent to an activating group) is 1. The molecule has 0 aromatic heterocycles. The number of hydrogen-bond acceptors (Lipinski definition) is 1. The normalized spacial score (nSPS) is 19.2. The molecule has 0 amide bonds. The summed E-state index contributed by atoms with van der Waals surface area (Å²) >= 11 is 0. The van der Waals surface area contributed by atoms with Crippen molar-refractivity contribution in [1.82, 2.24) is 5.32 Å². The van der Waals surface area contributed by atoms with Crippen molar-refractivity contribution in [2.75, 3.05) is 6.54 Å². The molecule has 0 fully saturated rings. The minimum absolute atomic E-state index is 0. The third-order valence-electron chi connectivity index (χ3n) is 4.20. The van der Waals surface area contributed by atoms with E-state index in [9.17, 15) is 0 Å². The van der Waals surface area contributed by atoms with Crippen LogP contribution in [0.25, 0.3) is 0 Å². The molecule has 0 radical (unpaired) electrons. The zero-order valence-corrected chi connectivity index (χ0v) is 13.1. The van der Waals surface area contributed by atoms with Gasteiger partial charge in [-0.05, 0) is 24.1 Å². The molecule has 21 heavy (non-hydrogen) atoms. The first-order chi connectivity index (χ1) is 9.85. The van der Waals surface area contributed by atoms with Crippen LogP contribution in [-0.2, 0) is 5.41 Å². The van der Waals surface area contributed by atoms with Crippen molar-refractivity contribution in [1.29, 1.82) is 0 Å².